The Morgan fingerprint density at radius 3 is 2.48 bits per heavy atom. The molecule has 1 fully saturated rings. The van der Waals surface area contributed by atoms with Gasteiger partial charge in [0.15, 0.2) is 11.5 Å². The number of ether oxygens (including phenoxy) is 1. The minimum absolute atomic E-state index is 0.0821. The normalized spacial score (nSPS) is 15.2. The van der Waals surface area contributed by atoms with Crippen LogP contribution in [0.5, 0.6) is 11.5 Å². The van der Waals surface area contributed by atoms with Crippen LogP contribution in [0.3, 0.4) is 0 Å². The van der Waals surface area contributed by atoms with Crippen molar-refractivity contribution in [2.45, 2.75) is 26.2 Å². The van der Waals surface area contributed by atoms with Gasteiger partial charge in [-0.3, -0.25) is 9.59 Å². The van der Waals surface area contributed by atoms with Crippen LogP contribution in [0, 0.1) is 0 Å². The summed E-state index contributed by atoms with van der Waals surface area (Å²) in [6, 6.07) is 10.2. The summed E-state index contributed by atoms with van der Waals surface area (Å²) in [7, 11) is 0. The molecule has 0 atom stereocenters. The first-order valence-electron chi connectivity index (χ1n) is 9.27. The molecule has 7 nitrogen and oxygen atoms in total. The van der Waals surface area contributed by atoms with Crippen LogP contribution in [-0.4, -0.2) is 34.6 Å². The average Bonchev–Trinajstić information content (AvgIpc) is 2.98. The number of esters is 1. The van der Waals surface area contributed by atoms with Crippen LogP contribution in [-0.2, 0) is 14.3 Å². The van der Waals surface area contributed by atoms with E-state index < -0.39 is 11.9 Å². The van der Waals surface area contributed by atoms with E-state index in [1.807, 2.05) is 6.92 Å². The lowest BCUT2D eigenvalue weighted by Crippen LogP contribution is -2.28. The molecule has 1 aliphatic rings. The van der Waals surface area contributed by atoms with Crippen LogP contribution < -0.4 is 4.90 Å². The molecule has 0 unspecified atom stereocenters. The Labute approximate surface area is 167 Å². The zero-order valence-corrected chi connectivity index (χ0v) is 15.9. The van der Waals surface area contributed by atoms with E-state index in [2.05, 4.69) is 0 Å². The molecule has 0 radical (unpaired) electrons. The van der Waals surface area contributed by atoms with Crippen LogP contribution in [0.4, 0.5) is 5.69 Å². The number of unbranched alkanes of at least 4 members (excludes halogenated alkanes) is 1. The molecule has 3 rings (SSSR count). The van der Waals surface area contributed by atoms with Crippen molar-refractivity contribution >= 4 is 29.5 Å². The lowest BCUT2D eigenvalue weighted by Gasteiger charge is -2.14. The third kappa shape index (κ3) is 4.45. The van der Waals surface area contributed by atoms with Gasteiger partial charge in [0.2, 0.25) is 5.91 Å². The average molecular weight is 395 g/mol. The summed E-state index contributed by atoms with van der Waals surface area (Å²) < 4.78 is 5.14. The van der Waals surface area contributed by atoms with Gasteiger partial charge in [0.1, 0.15) is 0 Å². The zero-order chi connectivity index (χ0) is 21.0. The fourth-order valence-corrected chi connectivity index (χ4v) is 2.92. The van der Waals surface area contributed by atoms with Crippen molar-refractivity contribution in [2.75, 3.05) is 11.5 Å². The van der Waals surface area contributed by atoms with E-state index in [1.54, 1.807) is 0 Å². The van der Waals surface area contributed by atoms with Gasteiger partial charge in [-0.15, -0.1) is 0 Å². The van der Waals surface area contributed by atoms with Gasteiger partial charge >= 0.3 is 5.97 Å². The van der Waals surface area contributed by atoms with Crippen LogP contribution >= 0.6 is 0 Å². The van der Waals surface area contributed by atoms with Crippen LogP contribution in [0.1, 0.15) is 42.1 Å². The molecule has 1 aliphatic heterocycles. The predicted octanol–water partition coefficient (Wildman–Crippen LogP) is 3.40. The summed E-state index contributed by atoms with van der Waals surface area (Å²) in [4.78, 5) is 38.1. The van der Waals surface area contributed by atoms with Gasteiger partial charge in [0, 0.05) is 5.57 Å². The molecule has 2 aromatic rings. The molecule has 0 spiro atoms. The van der Waals surface area contributed by atoms with Crippen LogP contribution in [0.2, 0.25) is 0 Å². The molecule has 150 valence electrons. The molecule has 0 saturated carbocycles. The van der Waals surface area contributed by atoms with Gasteiger partial charge in [0.05, 0.1) is 24.3 Å². The summed E-state index contributed by atoms with van der Waals surface area (Å²) in [5.74, 6) is -1.88. The number of carbonyl (C=O) groups excluding carboxylic acids is 3. The highest BCUT2D eigenvalue weighted by atomic mass is 16.5. The first kappa shape index (κ1) is 20.1. The fraction of sp³-hybridized carbons (Fsp3) is 0.227. The zero-order valence-electron chi connectivity index (χ0n) is 15.9. The molecule has 2 aromatic carbocycles. The van der Waals surface area contributed by atoms with Crippen molar-refractivity contribution in [2.24, 2.45) is 0 Å². The maximum Gasteiger partial charge on any atom is 0.338 e. The maximum absolute atomic E-state index is 12.7. The number of nitrogens with zero attached hydrogens (tertiary/aromatic N) is 1. The van der Waals surface area contributed by atoms with E-state index in [0.717, 1.165) is 17.7 Å². The Morgan fingerprint density at radius 1 is 1.10 bits per heavy atom. The van der Waals surface area contributed by atoms with Gasteiger partial charge in [0.25, 0.3) is 5.91 Å². The number of amides is 2. The molecule has 2 N–H and O–H groups in total. The second-order valence-electron chi connectivity index (χ2n) is 6.67. The van der Waals surface area contributed by atoms with Crippen molar-refractivity contribution in [3.05, 3.63) is 59.2 Å². The van der Waals surface area contributed by atoms with Crippen molar-refractivity contribution < 1.29 is 29.3 Å². The van der Waals surface area contributed by atoms with E-state index in [1.165, 1.54) is 48.5 Å². The van der Waals surface area contributed by atoms with Gasteiger partial charge in [-0.1, -0.05) is 19.4 Å². The summed E-state index contributed by atoms with van der Waals surface area (Å²) >= 11 is 0. The van der Waals surface area contributed by atoms with E-state index in [-0.39, 0.29) is 29.4 Å². The second-order valence-corrected chi connectivity index (χ2v) is 6.67. The topological polar surface area (TPSA) is 104 Å². The Kier molecular flexibility index (Phi) is 5.97. The second kappa shape index (κ2) is 8.60. The summed E-state index contributed by atoms with van der Waals surface area (Å²) in [5, 5.41) is 19.0. The first-order valence-corrected chi connectivity index (χ1v) is 9.27. The Morgan fingerprint density at radius 2 is 1.83 bits per heavy atom. The molecule has 7 heteroatoms. The quantitative estimate of drug-likeness (QED) is 0.255. The number of benzene rings is 2. The third-order valence-corrected chi connectivity index (χ3v) is 4.50. The minimum atomic E-state index is -0.471. The van der Waals surface area contributed by atoms with Gasteiger partial charge in [-0.2, -0.15) is 0 Å². The Hall–Kier alpha value is -3.61. The number of imide groups is 1. The van der Waals surface area contributed by atoms with E-state index in [9.17, 15) is 24.6 Å². The number of phenolic OH excluding ortho intramolecular Hbond substituents is 2. The number of hydrogen-bond acceptors (Lipinski definition) is 6. The molecule has 2 amide bonds. The highest BCUT2D eigenvalue weighted by Gasteiger charge is 2.35. The maximum atomic E-state index is 12.7. The Balaban J connectivity index is 1.76. The number of aromatic hydroxyl groups is 2. The van der Waals surface area contributed by atoms with E-state index >= 15 is 0 Å². The molecule has 0 bridgehead atoms. The van der Waals surface area contributed by atoms with Crippen molar-refractivity contribution in [3.63, 3.8) is 0 Å². The highest BCUT2D eigenvalue weighted by molar-refractivity contribution is 6.29. The van der Waals surface area contributed by atoms with E-state index in [0.29, 0.717) is 23.4 Å². The summed E-state index contributed by atoms with van der Waals surface area (Å²) in [6.45, 7) is 2.35. The number of rotatable bonds is 6. The van der Waals surface area contributed by atoms with Crippen LogP contribution in [0.15, 0.2) is 48.0 Å². The highest BCUT2D eigenvalue weighted by Crippen LogP contribution is 2.30. The number of anilines is 1. The van der Waals surface area contributed by atoms with Crippen molar-refractivity contribution in [1.82, 2.24) is 0 Å². The molecular formula is C22H21NO6. The molecule has 0 aromatic heterocycles. The number of phenols is 2. The van der Waals surface area contributed by atoms with Crippen molar-refractivity contribution in [3.8, 4) is 11.5 Å². The number of hydrogen-bond donors (Lipinski definition) is 2. The summed E-state index contributed by atoms with van der Waals surface area (Å²) in [5.41, 5.74) is 1.47. The smallest absolute Gasteiger partial charge is 0.338 e. The first-order chi connectivity index (χ1) is 13.9. The van der Waals surface area contributed by atoms with Crippen molar-refractivity contribution in [1.29, 1.82) is 0 Å². The SMILES string of the molecule is CCCCOC(=O)c1ccc(N2C(=O)C/C(=C\c3ccc(O)c(O)c3)C2=O)cc1. The summed E-state index contributed by atoms with van der Waals surface area (Å²) in [6.07, 6.45) is 3.12. The minimum Gasteiger partial charge on any atom is -0.504 e. The molecule has 1 heterocycles. The van der Waals surface area contributed by atoms with Gasteiger partial charge in [-0.25, -0.2) is 9.69 Å². The Bertz CT molecular complexity index is 977. The molecule has 1 saturated heterocycles. The molecule has 0 aliphatic carbocycles. The third-order valence-electron chi connectivity index (χ3n) is 4.50. The number of carbonyl (C=O) groups is 3. The predicted molar refractivity (Wildman–Crippen MR) is 106 cm³/mol. The largest absolute Gasteiger partial charge is 0.504 e. The monoisotopic (exact) mass is 395 g/mol. The lowest BCUT2D eigenvalue weighted by molar-refractivity contribution is -0.120. The van der Waals surface area contributed by atoms with E-state index in [4.69, 9.17) is 4.74 Å². The molecule has 29 heavy (non-hydrogen) atoms. The van der Waals surface area contributed by atoms with Crippen LogP contribution in [0.25, 0.3) is 6.08 Å². The fourth-order valence-electron chi connectivity index (χ4n) is 2.92. The molecular weight excluding hydrogens is 374 g/mol. The van der Waals surface area contributed by atoms with Gasteiger partial charge in [-0.05, 0) is 54.5 Å². The lowest BCUT2D eigenvalue weighted by atomic mass is 10.1. The standard InChI is InChI=1S/C22H21NO6/c1-2-3-10-29-22(28)15-5-7-17(8-6-15)23-20(26)13-16(21(23)27)11-14-4-9-18(24)19(25)12-14/h4-9,11-12,24-25H,2-3,10,13H2,1H3/b16-11+. The van der Waals surface area contributed by atoms with Gasteiger partial charge < -0.3 is 14.9 Å².